The molecule has 0 aliphatic heterocycles. The predicted octanol–water partition coefficient (Wildman–Crippen LogP) is 2.57. The van der Waals surface area contributed by atoms with E-state index in [0.29, 0.717) is 29.0 Å². The third-order valence-corrected chi connectivity index (χ3v) is 4.61. The first-order valence-electron chi connectivity index (χ1n) is 8.98. The van der Waals surface area contributed by atoms with Gasteiger partial charge in [0, 0.05) is 26.0 Å². The van der Waals surface area contributed by atoms with Gasteiger partial charge >= 0.3 is 5.69 Å². The van der Waals surface area contributed by atoms with Crippen LogP contribution in [0.15, 0.2) is 40.1 Å². The highest BCUT2D eigenvalue weighted by atomic mass is 35.5. The number of nitrogens with one attached hydrogen (secondary N) is 1. The molecule has 0 radical (unpaired) electrons. The van der Waals surface area contributed by atoms with E-state index in [2.05, 4.69) is 10.3 Å². The van der Waals surface area contributed by atoms with Crippen LogP contribution >= 0.6 is 11.6 Å². The Hall–Kier alpha value is -3.13. The number of hydrogen-bond acceptors (Lipinski definition) is 5. The molecule has 0 aliphatic carbocycles. The zero-order valence-electron chi connectivity index (χ0n) is 16.5. The number of anilines is 1. The number of pyridine rings is 1. The van der Waals surface area contributed by atoms with E-state index < -0.39 is 17.2 Å². The number of amides is 1. The summed E-state index contributed by atoms with van der Waals surface area (Å²) in [5.41, 5.74) is -0.124. The van der Waals surface area contributed by atoms with Gasteiger partial charge in [-0.05, 0) is 30.2 Å². The van der Waals surface area contributed by atoms with E-state index in [0.717, 1.165) is 4.57 Å². The second kappa shape index (κ2) is 8.08. The number of aromatic nitrogens is 3. The Labute approximate surface area is 171 Å². The van der Waals surface area contributed by atoms with Crippen molar-refractivity contribution in [3.05, 3.63) is 61.9 Å². The van der Waals surface area contributed by atoms with Gasteiger partial charge in [0.1, 0.15) is 11.4 Å². The minimum atomic E-state index is -0.514. The van der Waals surface area contributed by atoms with Crippen LogP contribution in [0.25, 0.3) is 11.0 Å². The summed E-state index contributed by atoms with van der Waals surface area (Å²) in [6.07, 6.45) is 1.32. The van der Waals surface area contributed by atoms with E-state index in [-0.39, 0.29) is 16.6 Å². The van der Waals surface area contributed by atoms with E-state index in [1.54, 1.807) is 18.2 Å². The van der Waals surface area contributed by atoms with Crippen LogP contribution in [0.5, 0.6) is 5.75 Å². The zero-order valence-corrected chi connectivity index (χ0v) is 17.3. The molecule has 2 heterocycles. The molecule has 9 heteroatoms. The quantitative estimate of drug-likeness (QED) is 0.689. The predicted molar refractivity (Wildman–Crippen MR) is 112 cm³/mol. The van der Waals surface area contributed by atoms with E-state index in [9.17, 15) is 14.4 Å². The fourth-order valence-electron chi connectivity index (χ4n) is 2.74. The van der Waals surface area contributed by atoms with Crippen molar-refractivity contribution in [2.45, 2.75) is 13.8 Å². The highest BCUT2D eigenvalue weighted by Crippen LogP contribution is 2.28. The van der Waals surface area contributed by atoms with Gasteiger partial charge in [0.05, 0.1) is 22.6 Å². The molecular weight excluding hydrogens is 396 g/mol. The largest absolute Gasteiger partial charge is 0.492 e. The summed E-state index contributed by atoms with van der Waals surface area (Å²) in [5.74, 6) is 0.440. The molecule has 2 aromatic heterocycles. The zero-order chi connectivity index (χ0) is 21.3. The normalized spacial score (nSPS) is 11.1. The highest BCUT2D eigenvalue weighted by Gasteiger charge is 2.14. The number of nitrogens with zero attached hydrogens (tertiary/aromatic N) is 3. The van der Waals surface area contributed by atoms with E-state index in [4.69, 9.17) is 16.3 Å². The molecule has 152 valence electrons. The van der Waals surface area contributed by atoms with Gasteiger partial charge in [-0.3, -0.25) is 18.7 Å². The molecule has 0 bridgehead atoms. The van der Waals surface area contributed by atoms with Crippen LogP contribution < -0.4 is 21.3 Å². The molecule has 1 amide bonds. The molecule has 8 nitrogen and oxygen atoms in total. The third kappa shape index (κ3) is 4.17. The van der Waals surface area contributed by atoms with Gasteiger partial charge in [0.25, 0.3) is 11.5 Å². The van der Waals surface area contributed by atoms with Crippen molar-refractivity contribution in [1.82, 2.24) is 14.1 Å². The van der Waals surface area contributed by atoms with Crippen LogP contribution in [-0.4, -0.2) is 26.6 Å². The third-order valence-electron chi connectivity index (χ3n) is 4.32. The topological polar surface area (TPSA) is 95.2 Å². The second-order valence-corrected chi connectivity index (χ2v) is 7.51. The van der Waals surface area contributed by atoms with E-state index >= 15 is 0 Å². The lowest BCUT2D eigenvalue weighted by molar-refractivity contribution is 0.102. The highest BCUT2D eigenvalue weighted by molar-refractivity contribution is 6.32. The maximum atomic E-state index is 12.6. The standard InChI is InChI=1S/C20H21ClN4O4/c1-11(2)10-29-16-6-5-13(8-15(16)21)23-18(26)12-7-14-17(22-9-12)24(3)20(28)25(4)19(14)27/h5-9,11H,10H2,1-4H3,(H,23,26). The van der Waals surface area contributed by atoms with Crippen molar-refractivity contribution in [1.29, 1.82) is 0 Å². The van der Waals surface area contributed by atoms with Crippen LogP contribution in [0, 0.1) is 5.92 Å². The molecule has 0 saturated carbocycles. The maximum absolute atomic E-state index is 12.6. The molecule has 29 heavy (non-hydrogen) atoms. The Morgan fingerprint density at radius 3 is 2.59 bits per heavy atom. The Kier molecular flexibility index (Phi) is 5.74. The summed E-state index contributed by atoms with van der Waals surface area (Å²) < 4.78 is 7.85. The Bertz CT molecular complexity index is 1210. The Morgan fingerprint density at radius 1 is 1.21 bits per heavy atom. The van der Waals surface area contributed by atoms with Gasteiger partial charge in [-0.25, -0.2) is 9.78 Å². The first-order chi connectivity index (χ1) is 13.7. The maximum Gasteiger partial charge on any atom is 0.332 e. The van der Waals surface area contributed by atoms with Crippen LogP contribution in [0.4, 0.5) is 5.69 Å². The number of fused-ring (bicyclic) bond motifs is 1. The SMILES string of the molecule is CC(C)COc1ccc(NC(=O)c2cnc3c(c2)c(=O)n(C)c(=O)n3C)cc1Cl. The number of halogens is 1. The smallest absolute Gasteiger partial charge is 0.332 e. The van der Waals surface area contributed by atoms with Crippen molar-refractivity contribution >= 4 is 34.2 Å². The molecule has 0 aliphatic rings. The first-order valence-corrected chi connectivity index (χ1v) is 9.36. The average Bonchev–Trinajstić information content (AvgIpc) is 2.69. The van der Waals surface area contributed by atoms with Crippen LogP contribution in [0.3, 0.4) is 0 Å². The molecule has 0 atom stereocenters. The number of aryl methyl sites for hydroxylation is 1. The van der Waals surface area contributed by atoms with Crippen LogP contribution in [0.1, 0.15) is 24.2 Å². The molecule has 0 spiro atoms. The lowest BCUT2D eigenvalue weighted by atomic mass is 10.2. The van der Waals surface area contributed by atoms with Gasteiger partial charge in [-0.15, -0.1) is 0 Å². The first kappa shape index (κ1) is 20.6. The Morgan fingerprint density at radius 2 is 1.93 bits per heavy atom. The van der Waals surface area contributed by atoms with Gasteiger partial charge in [0.15, 0.2) is 0 Å². The van der Waals surface area contributed by atoms with Crippen molar-refractivity contribution < 1.29 is 9.53 Å². The summed E-state index contributed by atoms with van der Waals surface area (Å²) >= 11 is 6.23. The number of benzene rings is 1. The monoisotopic (exact) mass is 416 g/mol. The lowest BCUT2D eigenvalue weighted by Gasteiger charge is -2.12. The van der Waals surface area contributed by atoms with Crippen molar-refractivity contribution in [3.63, 3.8) is 0 Å². The lowest BCUT2D eigenvalue weighted by Crippen LogP contribution is -2.37. The van der Waals surface area contributed by atoms with Crippen LogP contribution in [-0.2, 0) is 14.1 Å². The van der Waals surface area contributed by atoms with E-state index in [1.165, 1.54) is 30.9 Å². The van der Waals surface area contributed by atoms with Gasteiger partial charge in [-0.2, -0.15) is 0 Å². The summed E-state index contributed by atoms with van der Waals surface area (Å²) in [4.78, 5) is 41.1. The van der Waals surface area contributed by atoms with Gasteiger partial charge in [-0.1, -0.05) is 25.4 Å². The minimum Gasteiger partial charge on any atom is -0.492 e. The van der Waals surface area contributed by atoms with Gasteiger partial charge < -0.3 is 10.1 Å². The molecule has 0 saturated heterocycles. The summed E-state index contributed by atoms with van der Waals surface area (Å²) in [5, 5.41) is 3.28. The van der Waals surface area contributed by atoms with E-state index in [1.807, 2.05) is 13.8 Å². The number of carbonyl (C=O) groups is 1. The number of carbonyl (C=O) groups excluding carboxylic acids is 1. The number of rotatable bonds is 5. The van der Waals surface area contributed by atoms with Crippen molar-refractivity contribution in [2.75, 3.05) is 11.9 Å². The molecule has 1 N–H and O–H groups in total. The van der Waals surface area contributed by atoms with Gasteiger partial charge in [0.2, 0.25) is 0 Å². The number of hydrogen-bond donors (Lipinski definition) is 1. The molecule has 3 aromatic rings. The summed E-state index contributed by atoms with van der Waals surface area (Å²) in [7, 11) is 2.89. The number of ether oxygens (including phenoxy) is 1. The second-order valence-electron chi connectivity index (χ2n) is 7.11. The summed E-state index contributed by atoms with van der Waals surface area (Å²) in [6, 6.07) is 6.37. The molecule has 1 aromatic carbocycles. The Balaban J connectivity index is 1.88. The molecule has 0 unspecified atom stereocenters. The molecule has 0 fully saturated rings. The fourth-order valence-corrected chi connectivity index (χ4v) is 2.98. The molecule has 3 rings (SSSR count). The minimum absolute atomic E-state index is 0.178. The fraction of sp³-hybridized carbons (Fsp3) is 0.300. The van der Waals surface area contributed by atoms with Crippen LogP contribution in [0.2, 0.25) is 5.02 Å². The van der Waals surface area contributed by atoms with Crippen molar-refractivity contribution in [3.8, 4) is 5.75 Å². The summed E-state index contributed by atoms with van der Waals surface area (Å²) in [6.45, 7) is 4.60. The molecular formula is C20H21ClN4O4. The van der Waals surface area contributed by atoms with Crippen molar-refractivity contribution in [2.24, 2.45) is 20.0 Å². The average molecular weight is 417 g/mol.